The number of carbonyl (C=O) groups is 1. The van der Waals surface area contributed by atoms with Gasteiger partial charge < -0.3 is 15.0 Å². The van der Waals surface area contributed by atoms with Crippen molar-refractivity contribution in [1.82, 2.24) is 14.9 Å². The summed E-state index contributed by atoms with van der Waals surface area (Å²) in [5.41, 5.74) is 0.350. The fourth-order valence-electron chi connectivity index (χ4n) is 1.67. The summed E-state index contributed by atoms with van der Waals surface area (Å²) in [6, 6.07) is 0.0900. The fraction of sp³-hybridized carbons (Fsp3) is 0.615. The lowest BCUT2D eigenvalue weighted by molar-refractivity contribution is 0.0629. The molecular weight excluding hydrogens is 244 g/mol. The third-order valence-electron chi connectivity index (χ3n) is 2.63. The molecule has 1 aromatic heterocycles. The van der Waals surface area contributed by atoms with Crippen LogP contribution in [0.2, 0.25) is 0 Å². The first-order chi connectivity index (χ1) is 9.10. The Morgan fingerprint density at radius 2 is 2.21 bits per heavy atom. The number of rotatable bonds is 7. The maximum Gasteiger partial charge on any atom is 0.274 e. The van der Waals surface area contributed by atoms with Crippen LogP contribution in [0.4, 0.5) is 5.82 Å². The van der Waals surface area contributed by atoms with Crippen LogP contribution in [0.1, 0.15) is 31.3 Å². The van der Waals surface area contributed by atoms with E-state index in [1.165, 1.54) is 6.20 Å². The van der Waals surface area contributed by atoms with Gasteiger partial charge in [0.05, 0.1) is 19.0 Å². The van der Waals surface area contributed by atoms with Crippen molar-refractivity contribution in [3.05, 3.63) is 18.1 Å². The van der Waals surface area contributed by atoms with Gasteiger partial charge in [-0.25, -0.2) is 4.98 Å². The molecule has 0 radical (unpaired) electrons. The molecule has 106 valence electrons. The standard InChI is InChI=1S/C13H22N4O2/c1-5-15-12-9-14-8-11(16-12)13(18)17(10(2)3)6-7-19-4/h8-10H,5-7H2,1-4H3,(H,15,16). The number of hydrogen-bond acceptors (Lipinski definition) is 5. The Labute approximate surface area is 114 Å². The van der Waals surface area contributed by atoms with E-state index < -0.39 is 0 Å². The second-order valence-corrected chi connectivity index (χ2v) is 4.40. The molecule has 6 nitrogen and oxygen atoms in total. The molecule has 0 aliphatic carbocycles. The van der Waals surface area contributed by atoms with Gasteiger partial charge in [0.2, 0.25) is 0 Å². The van der Waals surface area contributed by atoms with Crippen LogP contribution in [0, 0.1) is 0 Å². The Hall–Kier alpha value is -1.69. The molecule has 1 heterocycles. The van der Waals surface area contributed by atoms with Crippen molar-refractivity contribution in [2.24, 2.45) is 0 Å². The molecule has 1 aromatic rings. The van der Waals surface area contributed by atoms with Crippen molar-refractivity contribution in [3.8, 4) is 0 Å². The van der Waals surface area contributed by atoms with Crippen molar-refractivity contribution in [2.45, 2.75) is 26.8 Å². The normalized spacial score (nSPS) is 10.6. The van der Waals surface area contributed by atoms with Crippen LogP contribution >= 0.6 is 0 Å². The fourth-order valence-corrected chi connectivity index (χ4v) is 1.67. The summed E-state index contributed by atoms with van der Waals surface area (Å²) in [6.45, 7) is 7.69. The van der Waals surface area contributed by atoms with Crippen molar-refractivity contribution >= 4 is 11.7 Å². The van der Waals surface area contributed by atoms with E-state index >= 15 is 0 Å². The predicted molar refractivity (Wildman–Crippen MR) is 74.2 cm³/mol. The van der Waals surface area contributed by atoms with Gasteiger partial charge >= 0.3 is 0 Å². The van der Waals surface area contributed by atoms with Crippen molar-refractivity contribution in [1.29, 1.82) is 0 Å². The molecule has 0 aliphatic rings. The third-order valence-corrected chi connectivity index (χ3v) is 2.63. The summed E-state index contributed by atoms with van der Waals surface area (Å²) >= 11 is 0. The Balaban J connectivity index is 2.86. The van der Waals surface area contributed by atoms with Gasteiger partial charge in [0, 0.05) is 26.2 Å². The molecule has 1 rings (SSSR count). The van der Waals surface area contributed by atoms with Crippen molar-refractivity contribution in [2.75, 3.05) is 32.1 Å². The largest absolute Gasteiger partial charge is 0.383 e. The van der Waals surface area contributed by atoms with Crippen molar-refractivity contribution < 1.29 is 9.53 Å². The van der Waals surface area contributed by atoms with Crippen LogP contribution in [0.5, 0.6) is 0 Å². The first kappa shape index (κ1) is 15.4. The number of amides is 1. The van der Waals surface area contributed by atoms with Gasteiger partial charge in [-0.3, -0.25) is 9.78 Å². The van der Waals surface area contributed by atoms with E-state index in [9.17, 15) is 4.79 Å². The highest BCUT2D eigenvalue weighted by Gasteiger charge is 2.20. The number of hydrogen-bond donors (Lipinski definition) is 1. The lowest BCUT2D eigenvalue weighted by atomic mass is 10.2. The summed E-state index contributed by atoms with van der Waals surface area (Å²) < 4.78 is 5.03. The van der Waals surface area contributed by atoms with Gasteiger partial charge in [-0.2, -0.15) is 0 Å². The molecule has 0 fully saturated rings. The molecule has 1 amide bonds. The molecule has 0 saturated heterocycles. The molecule has 19 heavy (non-hydrogen) atoms. The average molecular weight is 266 g/mol. The number of methoxy groups -OCH3 is 1. The van der Waals surface area contributed by atoms with Crippen LogP contribution < -0.4 is 5.32 Å². The molecule has 0 saturated carbocycles. The number of ether oxygens (including phenoxy) is 1. The van der Waals surface area contributed by atoms with E-state index in [0.717, 1.165) is 6.54 Å². The summed E-state index contributed by atoms with van der Waals surface area (Å²) in [5, 5.41) is 3.05. The van der Waals surface area contributed by atoms with Crippen molar-refractivity contribution in [3.63, 3.8) is 0 Å². The van der Waals surface area contributed by atoms with Crippen LogP contribution in [0.15, 0.2) is 12.4 Å². The average Bonchev–Trinajstić information content (AvgIpc) is 2.39. The van der Waals surface area contributed by atoms with E-state index in [0.29, 0.717) is 24.7 Å². The molecule has 1 N–H and O–H groups in total. The summed E-state index contributed by atoms with van der Waals surface area (Å²) in [6.07, 6.45) is 3.10. The predicted octanol–water partition coefficient (Wildman–Crippen LogP) is 1.41. The minimum absolute atomic E-state index is 0.0900. The minimum atomic E-state index is -0.126. The second-order valence-electron chi connectivity index (χ2n) is 4.40. The first-order valence-electron chi connectivity index (χ1n) is 6.46. The van der Waals surface area contributed by atoms with Gasteiger partial charge in [0.25, 0.3) is 5.91 Å². The van der Waals surface area contributed by atoms with E-state index in [2.05, 4.69) is 15.3 Å². The van der Waals surface area contributed by atoms with Gasteiger partial charge in [-0.05, 0) is 20.8 Å². The van der Waals surface area contributed by atoms with Gasteiger partial charge in [0.15, 0.2) is 0 Å². The molecule has 0 aliphatic heterocycles. The Bertz CT molecular complexity index is 409. The lowest BCUT2D eigenvalue weighted by Crippen LogP contribution is -2.39. The SMILES string of the molecule is CCNc1cncc(C(=O)N(CCOC)C(C)C)n1. The quantitative estimate of drug-likeness (QED) is 0.808. The lowest BCUT2D eigenvalue weighted by Gasteiger charge is -2.26. The minimum Gasteiger partial charge on any atom is -0.383 e. The number of carbonyl (C=O) groups excluding carboxylic acids is 1. The molecule has 0 unspecified atom stereocenters. The number of nitrogens with one attached hydrogen (secondary N) is 1. The zero-order valence-corrected chi connectivity index (χ0v) is 12.0. The van der Waals surface area contributed by atoms with Gasteiger partial charge in [-0.1, -0.05) is 0 Å². The monoisotopic (exact) mass is 266 g/mol. The van der Waals surface area contributed by atoms with E-state index in [1.807, 2.05) is 20.8 Å². The van der Waals surface area contributed by atoms with E-state index in [4.69, 9.17) is 4.74 Å². The van der Waals surface area contributed by atoms with Gasteiger partial charge in [0.1, 0.15) is 11.5 Å². The molecule has 0 aromatic carbocycles. The maximum absolute atomic E-state index is 12.4. The van der Waals surface area contributed by atoms with E-state index in [-0.39, 0.29) is 11.9 Å². The zero-order valence-electron chi connectivity index (χ0n) is 12.0. The highest BCUT2D eigenvalue weighted by atomic mass is 16.5. The highest BCUT2D eigenvalue weighted by molar-refractivity contribution is 5.92. The number of anilines is 1. The summed E-state index contributed by atoms with van der Waals surface area (Å²) in [5.74, 6) is 0.489. The highest BCUT2D eigenvalue weighted by Crippen LogP contribution is 2.08. The number of aromatic nitrogens is 2. The molecule has 6 heteroatoms. The van der Waals surface area contributed by atoms with Crippen LogP contribution in [0.25, 0.3) is 0 Å². The van der Waals surface area contributed by atoms with E-state index in [1.54, 1.807) is 18.2 Å². The molecular formula is C13H22N4O2. The summed E-state index contributed by atoms with van der Waals surface area (Å²) in [7, 11) is 1.62. The Morgan fingerprint density at radius 3 is 2.79 bits per heavy atom. The number of nitrogens with zero attached hydrogens (tertiary/aromatic N) is 3. The smallest absolute Gasteiger partial charge is 0.274 e. The van der Waals surface area contributed by atoms with Crippen LogP contribution in [-0.2, 0) is 4.74 Å². The third kappa shape index (κ3) is 4.48. The summed E-state index contributed by atoms with van der Waals surface area (Å²) in [4.78, 5) is 22.4. The second kappa shape index (κ2) is 7.68. The van der Waals surface area contributed by atoms with Crippen LogP contribution in [-0.4, -0.2) is 53.6 Å². The molecule has 0 bridgehead atoms. The maximum atomic E-state index is 12.4. The molecule has 0 atom stereocenters. The Kier molecular flexibility index (Phi) is 6.21. The zero-order chi connectivity index (χ0) is 14.3. The van der Waals surface area contributed by atoms with Gasteiger partial charge in [-0.15, -0.1) is 0 Å². The van der Waals surface area contributed by atoms with Crippen LogP contribution in [0.3, 0.4) is 0 Å². The topological polar surface area (TPSA) is 67.4 Å². The molecule has 0 spiro atoms. The first-order valence-corrected chi connectivity index (χ1v) is 6.46. The Morgan fingerprint density at radius 1 is 1.47 bits per heavy atom.